The predicted octanol–water partition coefficient (Wildman–Crippen LogP) is 0.918. The van der Waals surface area contributed by atoms with Gasteiger partial charge in [0.15, 0.2) is 5.82 Å². The minimum Gasteiger partial charge on any atom is -0.381 e. The largest absolute Gasteiger partial charge is 0.381 e. The van der Waals surface area contributed by atoms with Gasteiger partial charge in [0.2, 0.25) is 0 Å². The molecule has 58 valence electrons. The number of rotatable bonds is 1. The fourth-order valence-corrected chi connectivity index (χ4v) is 0.756. The van der Waals surface area contributed by atoms with E-state index in [1.54, 1.807) is 10.9 Å². The maximum atomic E-state index is 8.53. The molecule has 0 fully saturated rings. The Labute approximate surface area is 65.2 Å². The molecule has 0 amide bonds. The molecule has 1 aromatic heterocycles. The lowest BCUT2D eigenvalue weighted by Crippen LogP contribution is -2.01. The van der Waals surface area contributed by atoms with E-state index >= 15 is 0 Å². The Morgan fingerprint density at radius 2 is 2.36 bits per heavy atom. The topological polar surface area (TPSA) is 67.6 Å². The van der Waals surface area contributed by atoms with Crippen molar-refractivity contribution in [3.63, 3.8) is 0 Å². The molecular weight excluding hydrogens is 140 g/mol. The van der Waals surface area contributed by atoms with Crippen molar-refractivity contribution in [2.24, 2.45) is 0 Å². The predicted molar refractivity (Wildman–Crippen MR) is 41.7 cm³/mol. The van der Waals surface area contributed by atoms with Crippen LogP contribution in [-0.4, -0.2) is 9.78 Å². The molecule has 1 aromatic rings. The van der Waals surface area contributed by atoms with E-state index in [0.717, 1.165) is 0 Å². The molecule has 0 aliphatic heterocycles. The second-order valence-corrected chi connectivity index (χ2v) is 2.61. The van der Waals surface area contributed by atoms with E-state index in [4.69, 9.17) is 11.0 Å². The molecule has 0 radical (unpaired) electrons. The number of nitriles is 1. The molecule has 0 saturated heterocycles. The van der Waals surface area contributed by atoms with E-state index in [9.17, 15) is 0 Å². The number of hydrogen-bond acceptors (Lipinski definition) is 3. The van der Waals surface area contributed by atoms with Gasteiger partial charge in [-0.1, -0.05) is 0 Å². The molecule has 0 aromatic carbocycles. The van der Waals surface area contributed by atoms with Gasteiger partial charge in [0.25, 0.3) is 0 Å². The summed E-state index contributed by atoms with van der Waals surface area (Å²) in [5, 5.41) is 12.5. The zero-order valence-corrected chi connectivity index (χ0v) is 6.57. The Morgan fingerprint density at radius 1 is 1.73 bits per heavy atom. The van der Waals surface area contributed by atoms with Crippen LogP contribution in [0.2, 0.25) is 0 Å². The van der Waals surface area contributed by atoms with Gasteiger partial charge in [0, 0.05) is 12.2 Å². The third-order valence-electron chi connectivity index (χ3n) is 1.41. The summed E-state index contributed by atoms with van der Waals surface area (Å²) < 4.78 is 1.67. The van der Waals surface area contributed by atoms with Gasteiger partial charge in [-0.2, -0.15) is 10.4 Å². The zero-order valence-electron chi connectivity index (χ0n) is 6.57. The molecule has 2 N–H and O–H groups in total. The van der Waals surface area contributed by atoms with Crippen molar-refractivity contribution >= 4 is 5.82 Å². The Bertz CT molecular complexity index is 292. The molecule has 1 rings (SSSR count). The highest BCUT2D eigenvalue weighted by Crippen LogP contribution is 2.10. The van der Waals surface area contributed by atoms with Gasteiger partial charge in [-0.15, -0.1) is 0 Å². The van der Waals surface area contributed by atoms with Crippen LogP contribution >= 0.6 is 0 Å². The molecule has 1 heterocycles. The van der Waals surface area contributed by atoms with Crippen LogP contribution in [0.4, 0.5) is 5.82 Å². The second-order valence-electron chi connectivity index (χ2n) is 2.61. The number of aromatic nitrogens is 2. The lowest BCUT2D eigenvalue weighted by atomic mass is 10.3. The quantitative estimate of drug-likeness (QED) is 0.647. The summed E-state index contributed by atoms with van der Waals surface area (Å²) in [6.07, 6.45) is 1.65. The first-order valence-corrected chi connectivity index (χ1v) is 3.40. The SMILES string of the molecule is CC(C)n1cc(C#N)c(N)n1. The van der Waals surface area contributed by atoms with Crippen molar-refractivity contribution < 1.29 is 0 Å². The van der Waals surface area contributed by atoms with Crippen LogP contribution in [0.15, 0.2) is 6.20 Å². The summed E-state index contributed by atoms with van der Waals surface area (Å²) in [4.78, 5) is 0. The summed E-state index contributed by atoms with van der Waals surface area (Å²) >= 11 is 0. The number of hydrogen-bond donors (Lipinski definition) is 1. The van der Waals surface area contributed by atoms with E-state index in [0.29, 0.717) is 11.4 Å². The van der Waals surface area contributed by atoms with Gasteiger partial charge in [-0.3, -0.25) is 4.68 Å². The van der Waals surface area contributed by atoms with Crippen LogP contribution < -0.4 is 5.73 Å². The summed E-state index contributed by atoms with van der Waals surface area (Å²) in [7, 11) is 0. The zero-order chi connectivity index (χ0) is 8.43. The fourth-order valence-electron chi connectivity index (χ4n) is 0.756. The highest BCUT2D eigenvalue weighted by molar-refractivity contribution is 5.46. The maximum absolute atomic E-state index is 8.53. The minimum atomic E-state index is 0.249. The molecule has 0 aliphatic rings. The average molecular weight is 150 g/mol. The fraction of sp³-hybridized carbons (Fsp3) is 0.429. The lowest BCUT2D eigenvalue weighted by molar-refractivity contribution is 0.534. The van der Waals surface area contributed by atoms with Crippen LogP contribution in [0.3, 0.4) is 0 Å². The van der Waals surface area contributed by atoms with Crippen molar-refractivity contribution in [1.29, 1.82) is 5.26 Å². The molecule has 4 nitrogen and oxygen atoms in total. The third-order valence-corrected chi connectivity index (χ3v) is 1.41. The van der Waals surface area contributed by atoms with Crippen LogP contribution in [0.25, 0.3) is 0 Å². The summed E-state index contributed by atoms with van der Waals surface area (Å²) in [6, 6.07) is 2.21. The molecule has 0 unspecified atom stereocenters. The normalized spacial score (nSPS) is 10.0. The third kappa shape index (κ3) is 1.32. The maximum Gasteiger partial charge on any atom is 0.163 e. The monoisotopic (exact) mass is 150 g/mol. The van der Waals surface area contributed by atoms with Gasteiger partial charge >= 0.3 is 0 Å². The molecule has 0 saturated carbocycles. The van der Waals surface area contributed by atoms with Crippen molar-refractivity contribution in [2.45, 2.75) is 19.9 Å². The molecule has 11 heavy (non-hydrogen) atoms. The van der Waals surface area contributed by atoms with Crippen molar-refractivity contribution in [3.8, 4) is 6.07 Å². The highest BCUT2D eigenvalue weighted by atomic mass is 15.3. The summed E-state index contributed by atoms with van der Waals surface area (Å²) in [5.74, 6) is 0.307. The highest BCUT2D eigenvalue weighted by Gasteiger charge is 2.05. The number of nitrogens with two attached hydrogens (primary N) is 1. The van der Waals surface area contributed by atoms with Gasteiger partial charge in [-0.25, -0.2) is 0 Å². The van der Waals surface area contributed by atoms with Gasteiger partial charge < -0.3 is 5.73 Å². The van der Waals surface area contributed by atoms with Crippen molar-refractivity contribution in [2.75, 3.05) is 5.73 Å². The molecule has 0 spiro atoms. The molecular formula is C7H10N4. The van der Waals surface area contributed by atoms with Gasteiger partial charge in [0.05, 0.1) is 0 Å². The standard InChI is InChI=1S/C7H10N4/c1-5(2)11-4-6(3-8)7(9)10-11/h4-5H,1-2H3,(H2,9,10). The van der Waals surface area contributed by atoms with Gasteiger partial charge in [0.1, 0.15) is 11.6 Å². The van der Waals surface area contributed by atoms with Crippen LogP contribution in [0.1, 0.15) is 25.5 Å². The summed E-state index contributed by atoms with van der Waals surface area (Å²) in [6.45, 7) is 3.96. The van der Waals surface area contributed by atoms with E-state index in [1.807, 2.05) is 19.9 Å². The summed E-state index contributed by atoms with van der Waals surface area (Å²) in [5.41, 5.74) is 5.88. The van der Waals surface area contributed by atoms with E-state index in [-0.39, 0.29) is 6.04 Å². The number of nitrogen functional groups attached to an aromatic ring is 1. The number of anilines is 1. The van der Waals surface area contributed by atoms with E-state index < -0.39 is 0 Å². The van der Waals surface area contributed by atoms with Crippen LogP contribution in [0, 0.1) is 11.3 Å². The Balaban J connectivity index is 3.07. The second kappa shape index (κ2) is 2.62. The van der Waals surface area contributed by atoms with E-state index in [1.165, 1.54) is 0 Å². The Hall–Kier alpha value is -1.50. The molecule has 0 aliphatic carbocycles. The first-order chi connectivity index (χ1) is 5.15. The first-order valence-electron chi connectivity index (χ1n) is 3.40. The smallest absolute Gasteiger partial charge is 0.163 e. The van der Waals surface area contributed by atoms with Crippen molar-refractivity contribution in [3.05, 3.63) is 11.8 Å². The Kier molecular flexibility index (Phi) is 1.81. The molecule has 0 atom stereocenters. The number of nitrogens with zero attached hydrogens (tertiary/aromatic N) is 3. The molecule has 4 heteroatoms. The molecule has 0 bridgehead atoms. The Morgan fingerprint density at radius 3 is 2.64 bits per heavy atom. The van der Waals surface area contributed by atoms with Crippen molar-refractivity contribution in [1.82, 2.24) is 9.78 Å². The van der Waals surface area contributed by atoms with Gasteiger partial charge in [-0.05, 0) is 13.8 Å². The lowest BCUT2D eigenvalue weighted by Gasteiger charge is -2.02. The first kappa shape index (κ1) is 7.61. The average Bonchev–Trinajstić information content (AvgIpc) is 2.31. The minimum absolute atomic E-state index is 0.249. The van der Waals surface area contributed by atoms with E-state index in [2.05, 4.69) is 5.10 Å². The van der Waals surface area contributed by atoms with Crippen LogP contribution in [0.5, 0.6) is 0 Å². The van der Waals surface area contributed by atoms with Crippen LogP contribution in [-0.2, 0) is 0 Å².